The molecule has 1 unspecified atom stereocenters. The van der Waals surface area contributed by atoms with Crippen LogP contribution in [0.1, 0.15) is 37.6 Å². The van der Waals surface area contributed by atoms with E-state index in [0.717, 1.165) is 10.2 Å². The van der Waals surface area contributed by atoms with E-state index in [2.05, 4.69) is 20.4 Å². The molecule has 0 spiro atoms. The van der Waals surface area contributed by atoms with E-state index in [1.807, 2.05) is 44.2 Å². The Kier molecular flexibility index (Phi) is 6.06. The standard InChI is InChI=1S/C17H22N4O3/c1-12(2)16(14-11-21(20-19-14)17(23)24-3)18-15(22)10-9-13-7-5-4-6-8-13/h4-8,11-12,16H,9-10H2,1-3H3,(H,18,22). The average Bonchev–Trinajstić information content (AvgIpc) is 3.07. The molecule has 0 saturated carbocycles. The summed E-state index contributed by atoms with van der Waals surface area (Å²) in [5, 5.41) is 10.7. The van der Waals surface area contributed by atoms with Gasteiger partial charge in [0, 0.05) is 6.42 Å². The molecule has 0 aliphatic rings. The highest BCUT2D eigenvalue weighted by atomic mass is 16.5. The number of ether oxygens (including phenoxy) is 1. The van der Waals surface area contributed by atoms with E-state index in [1.165, 1.54) is 13.3 Å². The summed E-state index contributed by atoms with van der Waals surface area (Å²) in [6.45, 7) is 3.94. The van der Waals surface area contributed by atoms with Gasteiger partial charge < -0.3 is 10.1 Å². The lowest BCUT2D eigenvalue weighted by molar-refractivity contribution is -0.122. The third kappa shape index (κ3) is 4.65. The van der Waals surface area contributed by atoms with Gasteiger partial charge in [-0.3, -0.25) is 4.79 Å². The normalized spacial score (nSPS) is 12.0. The molecule has 2 aromatic rings. The zero-order valence-electron chi connectivity index (χ0n) is 14.1. The summed E-state index contributed by atoms with van der Waals surface area (Å²) in [5.41, 5.74) is 1.65. The minimum atomic E-state index is -0.619. The number of benzene rings is 1. The second kappa shape index (κ2) is 8.24. The zero-order chi connectivity index (χ0) is 17.5. The number of nitrogens with one attached hydrogen (secondary N) is 1. The van der Waals surface area contributed by atoms with E-state index in [-0.39, 0.29) is 17.9 Å². The second-order valence-electron chi connectivity index (χ2n) is 5.83. The Balaban J connectivity index is 1.99. The van der Waals surface area contributed by atoms with Crippen molar-refractivity contribution in [1.82, 2.24) is 20.3 Å². The Morgan fingerprint density at radius 2 is 1.96 bits per heavy atom. The highest BCUT2D eigenvalue weighted by Crippen LogP contribution is 2.19. The number of amides is 1. The van der Waals surface area contributed by atoms with E-state index >= 15 is 0 Å². The van der Waals surface area contributed by atoms with Crippen molar-refractivity contribution in [3.8, 4) is 0 Å². The first-order chi connectivity index (χ1) is 11.5. The zero-order valence-corrected chi connectivity index (χ0v) is 14.1. The quantitative estimate of drug-likeness (QED) is 0.878. The highest BCUT2D eigenvalue weighted by Gasteiger charge is 2.22. The van der Waals surface area contributed by atoms with Gasteiger partial charge in [-0.1, -0.05) is 49.4 Å². The molecule has 24 heavy (non-hydrogen) atoms. The van der Waals surface area contributed by atoms with Gasteiger partial charge in [0.25, 0.3) is 0 Å². The molecule has 0 bridgehead atoms. The minimum absolute atomic E-state index is 0.0647. The summed E-state index contributed by atoms with van der Waals surface area (Å²) < 4.78 is 5.61. The number of rotatable bonds is 6. The molecule has 1 aromatic carbocycles. The van der Waals surface area contributed by atoms with Gasteiger partial charge >= 0.3 is 6.09 Å². The van der Waals surface area contributed by atoms with Crippen molar-refractivity contribution in [2.24, 2.45) is 5.92 Å². The molecular weight excluding hydrogens is 308 g/mol. The van der Waals surface area contributed by atoms with Crippen LogP contribution in [0, 0.1) is 5.92 Å². The minimum Gasteiger partial charge on any atom is -0.451 e. The van der Waals surface area contributed by atoms with Crippen molar-refractivity contribution in [3.05, 3.63) is 47.8 Å². The van der Waals surface area contributed by atoms with Gasteiger partial charge in [0.15, 0.2) is 0 Å². The van der Waals surface area contributed by atoms with Gasteiger partial charge in [0.1, 0.15) is 5.69 Å². The van der Waals surface area contributed by atoms with Crippen molar-refractivity contribution in [3.63, 3.8) is 0 Å². The number of hydrogen-bond donors (Lipinski definition) is 1. The molecule has 1 N–H and O–H groups in total. The summed E-state index contributed by atoms with van der Waals surface area (Å²) in [6.07, 6.45) is 1.92. The Labute approximate surface area is 141 Å². The number of carbonyl (C=O) groups excluding carboxylic acids is 2. The lowest BCUT2D eigenvalue weighted by atomic mass is 10.0. The second-order valence-corrected chi connectivity index (χ2v) is 5.83. The predicted octanol–water partition coefficient (Wildman–Crippen LogP) is 2.34. The number of aromatic nitrogens is 3. The van der Waals surface area contributed by atoms with Crippen LogP contribution in [0.5, 0.6) is 0 Å². The molecule has 0 radical (unpaired) electrons. The number of carbonyl (C=O) groups is 2. The maximum Gasteiger partial charge on any atom is 0.435 e. The van der Waals surface area contributed by atoms with Crippen LogP contribution in [0.2, 0.25) is 0 Å². The predicted molar refractivity (Wildman–Crippen MR) is 88.3 cm³/mol. The van der Waals surface area contributed by atoms with E-state index in [4.69, 9.17) is 0 Å². The molecular formula is C17H22N4O3. The first kappa shape index (κ1) is 17.7. The Morgan fingerprint density at radius 1 is 1.25 bits per heavy atom. The Hall–Kier alpha value is -2.70. The fourth-order valence-corrected chi connectivity index (χ4v) is 2.33. The molecule has 7 heteroatoms. The maximum atomic E-state index is 12.2. The van der Waals surface area contributed by atoms with Crippen LogP contribution >= 0.6 is 0 Å². The van der Waals surface area contributed by atoms with E-state index < -0.39 is 6.09 Å². The third-order valence-corrected chi connectivity index (χ3v) is 3.66. The van der Waals surface area contributed by atoms with Crippen molar-refractivity contribution >= 4 is 12.0 Å². The first-order valence-electron chi connectivity index (χ1n) is 7.85. The maximum absolute atomic E-state index is 12.2. The summed E-state index contributed by atoms with van der Waals surface area (Å²) in [6, 6.07) is 9.53. The SMILES string of the molecule is COC(=O)n1cc(C(NC(=O)CCc2ccccc2)C(C)C)nn1. The molecule has 0 saturated heterocycles. The van der Waals surface area contributed by atoms with E-state index in [0.29, 0.717) is 18.5 Å². The molecule has 128 valence electrons. The molecule has 1 aromatic heterocycles. The van der Waals surface area contributed by atoms with Crippen molar-refractivity contribution < 1.29 is 14.3 Å². The van der Waals surface area contributed by atoms with Gasteiger partial charge in [-0.2, -0.15) is 4.68 Å². The van der Waals surface area contributed by atoms with Crippen molar-refractivity contribution in [2.45, 2.75) is 32.7 Å². The smallest absolute Gasteiger partial charge is 0.435 e. The molecule has 1 amide bonds. The van der Waals surface area contributed by atoms with Gasteiger partial charge in [-0.05, 0) is 17.9 Å². The van der Waals surface area contributed by atoms with Crippen molar-refractivity contribution in [1.29, 1.82) is 0 Å². The van der Waals surface area contributed by atoms with Crippen LogP contribution in [-0.2, 0) is 16.0 Å². The highest BCUT2D eigenvalue weighted by molar-refractivity contribution is 5.76. The van der Waals surface area contributed by atoms with Crippen LogP contribution in [0.4, 0.5) is 4.79 Å². The van der Waals surface area contributed by atoms with Crippen molar-refractivity contribution in [2.75, 3.05) is 7.11 Å². The summed E-state index contributed by atoms with van der Waals surface area (Å²) in [5.74, 6) is 0.0404. The van der Waals surface area contributed by atoms with Gasteiger partial charge in [-0.15, -0.1) is 5.10 Å². The molecule has 1 atom stereocenters. The molecule has 2 rings (SSSR count). The Bertz CT molecular complexity index is 682. The largest absolute Gasteiger partial charge is 0.451 e. The van der Waals surface area contributed by atoms with Gasteiger partial charge in [-0.25, -0.2) is 4.79 Å². The number of hydrogen-bond acceptors (Lipinski definition) is 5. The monoisotopic (exact) mass is 330 g/mol. The van der Waals surface area contributed by atoms with E-state index in [1.54, 1.807) is 0 Å². The molecule has 0 aliphatic heterocycles. The third-order valence-electron chi connectivity index (χ3n) is 3.66. The lowest BCUT2D eigenvalue weighted by Crippen LogP contribution is -2.32. The van der Waals surface area contributed by atoms with Gasteiger partial charge in [0.05, 0.1) is 19.3 Å². The number of aryl methyl sites for hydroxylation is 1. The van der Waals surface area contributed by atoms with Crippen LogP contribution in [0.25, 0.3) is 0 Å². The Morgan fingerprint density at radius 3 is 2.58 bits per heavy atom. The fraction of sp³-hybridized carbons (Fsp3) is 0.412. The summed E-state index contributed by atoms with van der Waals surface area (Å²) in [7, 11) is 1.27. The van der Waals surface area contributed by atoms with Gasteiger partial charge in [0.2, 0.25) is 5.91 Å². The topological polar surface area (TPSA) is 86.1 Å². The summed E-state index contributed by atoms with van der Waals surface area (Å²) in [4.78, 5) is 23.7. The molecule has 1 heterocycles. The van der Waals surface area contributed by atoms with Crippen LogP contribution < -0.4 is 5.32 Å². The molecule has 0 fully saturated rings. The molecule has 7 nitrogen and oxygen atoms in total. The fourth-order valence-electron chi connectivity index (χ4n) is 2.33. The van der Waals surface area contributed by atoms with Crippen LogP contribution in [-0.4, -0.2) is 34.1 Å². The summed E-state index contributed by atoms with van der Waals surface area (Å²) >= 11 is 0. The molecule has 0 aliphatic carbocycles. The lowest BCUT2D eigenvalue weighted by Gasteiger charge is -2.20. The average molecular weight is 330 g/mol. The number of nitrogens with zero attached hydrogens (tertiary/aromatic N) is 3. The number of methoxy groups -OCH3 is 1. The van der Waals surface area contributed by atoms with Crippen LogP contribution in [0.3, 0.4) is 0 Å². The van der Waals surface area contributed by atoms with E-state index in [9.17, 15) is 9.59 Å². The first-order valence-corrected chi connectivity index (χ1v) is 7.85. The van der Waals surface area contributed by atoms with Crippen LogP contribution in [0.15, 0.2) is 36.5 Å².